The lowest BCUT2D eigenvalue weighted by Gasteiger charge is -2.40. The molecule has 8 rings (SSSR count). The van der Waals surface area contributed by atoms with E-state index in [1.807, 2.05) is 18.2 Å². The van der Waals surface area contributed by atoms with Crippen molar-refractivity contribution < 1.29 is 22.7 Å². The molecule has 1 aromatic heterocycles. The molecule has 47 heavy (non-hydrogen) atoms. The number of hydrogen-bond acceptors (Lipinski definition) is 6. The molecule has 2 aromatic carbocycles. The van der Waals surface area contributed by atoms with Crippen LogP contribution in [0.5, 0.6) is 5.75 Å². The summed E-state index contributed by atoms with van der Waals surface area (Å²) in [5.41, 5.74) is 5.31. The topological polar surface area (TPSA) is 104 Å². The maximum atomic E-state index is 14.8. The van der Waals surface area contributed by atoms with E-state index in [2.05, 4.69) is 38.3 Å². The third kappa shape index (κ3) is 4.83. The van der Waals surface area contributed by atoms with Crippen LogP contribution in [-0.2, 0) is 21.5 Å². The van der Waals surface area contributed by atoms with Crippen LogP contribution < -0.4 is 9.46 Å². The minimum absolute atomic E-state index is 0.0725. The molecule has 10 nitrogen and oxygen atoms in total. The number of nitrogens with one attached hydrogen (secondary N) is 1. The van der Waals surface area contributed by atoms with Crippen LogP contribution >= 0.6 is 0 Å². The number of rotatable bonds is 6. The van der Waals surface area contributed by atoms with E-state index < -0.39 is 21.5 Å². The van der Waals surface area contributed by atoms with Crippen LogP contribution in [0.3, 0.4) is 0 Å². The number of likely N-dealkylation sites (tertiary alicyclic amines) is 1. The van der Waals surface area contributed by atoms with Crippen molar-refractivity contribution in [3.63, 3.8) is 0 Å². The average molecular weight is 660 g/mol. The van der Waals surface area contributed by atoms with Gasteiger partial charge in [0.1, 0.15) is 5.75 Å². The summed E-state index contributed by atoms with van der Waals surface area (Å²) >= 11 is 0. The molecule has 3 aromatic rings. The fraction of sp³-hybridized carbons (Fsp3) is 0.556. The zero-order chi connectivity index (χ0) is 32.8. The van der Waals surface area contributed by atoms with Gasteiger partial charge in [-0.25, -0.2) is 4.72 Å². The zero-order valence-electron chi connectivity index (χ0n) is 27.8. The van der Waals surface area contributed by atoms with Gasteiger partial charge in [-0.3, -0.25) is 14.5 Å². The fourth-order valence-electron chi connectivity index (χ4n) is 9.28. The summed E-state index contributed by atoms with van der Waals surface area (Å²) < 4.78 is 36.4. The number of amides is 2. The second-order valence-corrected chi connectivity index (χ2v) is 16.6. The van der Waals surface area contributed by atoms with Crippen molar-refractivity contribution in [1.82, 2.24) is 23.4 Å². The van der Waals surface area contributed by atoms with Crippen molar-refractivity contribution in [3.05, 3.63) is 53.1 Å². The zero-order valence-corrected chi connectivity index (χ0v) is 28.6. The number of carbonyl (C=O) groups is 2. The smallest absolute Gasteiger partial charge is 0.303 e. The first kappa shape index (κ1) is 30.9. The SMILES string of the molecule is COc1ccc2c(c1)C1C[C@@]1(C(=O)N1CC3CCC(C1)N3C)Cn1c-2c(C2CCCCC2)c2ccc(C(=O)NS(=O)(=O)N(C)C)cc21. The predicted molar refractivity (Wildman–Crippen MR) is 181 cm³/mol. The summed E-state index contributed by atoms with van der Waals surface area (Å²) in [6, 6.07) is 12.7. The molecule has 2 aliphatic carbocycles. The molecule has 0 radical (unpaired) electrons. The van der Waals surface area contributed by atoms with Crippen molar-refractivity contribution in [2.45, 2.75) is 81.8 Å². The van der Waals surface area contributed by atoms with E-state index >= 15 is 0 Å². The number of methoxy groups -OCH3 is 1. The van der Waals surface area contributed by atoms with Crippen molar-refractivity contribution >= 4 is 32.9 Å². The molecule has 4 heterocycles. The summed E-state index contributed by atoms with van der Waals surface area (Å²) in [4.78, 5) is 32.8. The van der Waals surface area contributed by atoms with Gasteiger partial charge in [0.25, 0.3) is 5.91 Å². The van der Waals surface area contributed by atoms with Crippen LogP contribution in [0.15, 0.2) is 36.4 Å². The molecule has 2 saturated heterocycles. The summed E-state index contributed by atoms with van der Waals surface area (Å²) in [7, 11) is 2.71. The molecule has 3 unspecified atom stereocenters. The van der Waals surface area contributed by atoms with Gasteiger partial charge in [0.05, 0.1) is 18.2 Å². The van der Waals surface area contributed by atoms with Crippen molar-refractivity contribution in [3.8, 4) is 17.0 Å². The Labute approximate surface area is 277 Å². The van der Waals surface area contributed by atoms with Gasteiger partial charge in [-0.15, -0.1) is 0 Å². The van der Waals surface area contributed by atoms with Gasteiger partial charge in [-0.05, 0) is 86.5 Å². The highest BCUT2D eigenvalue weighted by atomic mass is 32.2. The molecular weight excluding hydrogens is 614 g/mol. The molecular formula is C36H45N5O5S. The van der Waals surface area contributed by atoms with Crippen LogP contribution in [0.2, 0.25) is 0 Å². The number of carbonyl (C=O) groups excluding carboxylic acids is 2. The van der Waals surface area contributed by atoms with Gasteiger partial charge in [0.15, 0.2) is 0 Å². The Kier molecular flexibility index (Phi) is 7.27. The van der Waals surface area contributed by atoms with Crippen LogP contribution in [0.25, 0.3) is 22.2 Å². The molecule has 2 bridgehead atoms. The van der Waals surface area contributed by atoms with Gasteiger partial charge >= 0.3 is 10.2 Å². The van der Waals surface area contributed by atoms with Gasteiger partial charge < -0.3 is 14.2 Å². The first-order valence-corrected chi connectivity index (χ1v) is 18.6. The van der Waals surface area contributed by atoms with E-state index in [1.165, 1.54) is 44.5 Å². The number of fused-ring (bicyclic) bond motifs is 9. The summed E-state index contributed by atoms with van der Waals surface area (Å²) in [5.74, 6) is 0.793. The number of benzene rings is 2. The molecule has 4 atom stereocenters. The number of hydrogen-bond donors (Lipinski definition) is 1. The highest BCUT2D eigenvalue weighted by molar-refractivity contribution is 7.87. The first-order chi connectivity index (χ1) is 22.5. The minimum Gasteiger partial charge on any atom is -0.497 e. The Morgan fingerprint density at radius 3 is 2.38 bits per heavy atom. The lowest BCUT2D eigenvalue weighted by molar-refractivity contribution is -0.141. The summed E-state index contributed by atoms with van der Waals surface area (Å²) in [6.45, 7) is 2.06. The Bertz CT molecular complexity index is 1880. The molecule has 11 heteroatoms. The summed E-state index contributed by atoms with van der Waals surface area (Å²) in [5, 5.41) is 1.08. The van der Waals surface area contributed by atoms with Gasteiger partial charge in [-0.1, -0.05) is 25.3 Å². The number of ether oxygens (including phenoxy) is 1. The quantitative estimate of drug-likeness (QED) is 0.412. The van der Waals surface area contributed by atoms with Crippen LogP contribution in [-0.4, -0.2) is 92.3 Å². The van der Waals surface area contributed by atoms with E-state index in [0.717, 1.165) is 77.4 Å². The fourth-order valence-corrected chi connectivity index (χ4v) is 9.82. The van der Waals surface area contributed by atoms with E-state index in [0.29, 0.717) is 24.5 Å². The van der Waals surface area contributed by atoms with Gasteiger partial charge in [0, 0.05) is 73.8 Å². The molecule has 3 aliphatic heterocycles. The van der Waals surface area contributed by atoms with Crippen molar-refractivity contribution in [1.29, 1.82) is 0 Å². The van der Waals surface area contributed by atoms with E-state index in [-0.39, 0.29) is 17.4 Å². The Hall–Kier alpha value is -3.41. The molecule has 1 N–H and O–H groups in total. The second kappa shape index (κ2) is 11.1. The number of likely N-dealkylation sites (N-methyl/N-ethyl adjacent to an activating group) is 1. The normalized spacial score (nSPS) is 27.3. The van der Waals surface area contributed by atoms with E-state index in [4.69, 9.17) is 4.74 Å². The number of nitrogens with zero attached hydrogens (tertiary/aromatic N) is 4. The summed E-state index contributed by atoms with van der Waals surface area (Å²) in [6.07, 6.45) is 8.80. The third-order valence-electron chi connectivity index (χ3n) is 12.0. The molecule has 2 amide bonds. The maximum Gasteiger partial charge on any atom is 0.303 e. The Morgan fingerprint density at radius 1 is 0.979 bits per heavy atom. The molecule has 5 aliphatic rings. The number of piperazine rings is 1. The Morgan fingerprint density at radius 2 is 1.70 bits per heavy atom. The molecule has 4 fully saturated rings. The lowest BCUT2D eigenvalue weighted by atomic mass is 9.81. The maximum absolute atomic E-state index is 14.8. The van der Waals surface area contributed by atoms with Crippen molar-refractivity contribution in [2.75, 3.05) is 41.3 Å². The third-order valence-corrected chi connectivity index (χ3v) is 13.5. The van der Waals surface area contributed by atoms with Crippen LogP contribution in [0.4, 0.5) is 0 Å². The largest absolute Gasteiger partial charge is 0.497 e. The van der Waals surface area contributed by atoms with Gasteiger partial charge in [-0.2, -0.15) is 12.7 Å². The first-order valence-electron chi connectivity index (χ1n) is 17.1. The van der Waals surface area contributed by atoms with Crippen LogP contribution in [0, 0.1) is 5.41 Å². The Balaban J connectivity index is 1.31. The highest BCUT2D eigenvalue weighted by Crippen LogP contribution is 2.66. The second-order valence-electron chi connectivity index (χ2n) is 14.8. The van der Waals surface area contributed by atoms with E-state index in [1.54, 1.807) is 13.2 Å². The van der Waals surface area contributed by atoms with Crippen molar-refractivity contribution in [2.24, 2.45) is 5.41 Å². The lowest BCUT2D eigenvalue weighted by Crippen LogP contribution is -2.55. The molecule has 0 spiro atoms. The standard InChI is InChI=1S/C36H45N5O5S/c1-38(2)47(44,45)37-34(42)23-10-14-28-31(16-23)41-21-36(35(43)40-19-24-11-12-25(20-40)39(24)3)18-30(36)29-17-26(46-4)13-15-27(29)33(41)32(28)22-8-6-5-7-9-22/h10,13-17,22,24-25,30H,5-9,11-12,18-21H2,1-4H3,(H,37,42)/t24?,25?,30?,36-/m1/s1. The monoisotopic (exact) mass is 659 g/mol. The average Bonchev–Trinajstić information content (AvgIpc) is 3.69. The van der Waals surface area contributed by atoms with Crippen LogP contribution in [0.1, 0.15) is 84.7 Å². The predicted octanol–water partition coefficient (Wildman–Crippen LogP) is 4.69. The van der Waals surface area contributed by atoms with E-state index in [9.17, 15) is 18.0 Å². The minimum atomic E-state index is -3.96. The molecule has 250 valence electrons. The highest BCUT2D eigenvalue weighted by Gasteiger charge is 2.64. The number of aromatic nitrogens is 1. The van der Waals surface area contributed by atoms with Gasteiger partial charge in [0.2, 0.25) is 5.91 Å². The molecule has 2 saturated carbocycles.